The van der Waals surface area contributed by atoms with E-state index in [1.807, 2.05) is 11.5 Å². The molecule has 32 heavy (non-hydrogen) atoms. The first-order valence-electron chi connectivity index (χ1n) is 10.2. The number of aromatic amines is 1. The summed E-state index contributed by atoms with van der Waals surface area (Å²) >= 11 is 0. The number of H-pyrrole nitrogens is 1. The number of esters is 2. The highest BCUT2D eigenvalue weighted by atomic mass is 19.1. The minimum absolute atomic E-state index is 0.186. The Balaban J connectivity index is 1.77. The minimum atomic E-state index is -0.701. The molecule has 0 unspecified atom stereocenters. The number of aryl methyl sites for hydroxylation is 2. The van der Waals surface area contributed by atoms with Crippen LogP contribution in [0.15, 0.2) is 30.3 Å². The molecule has 168 valence electrons. The van der Waals surface area contributed by atoms with Crippen LogP contribution in [0.5, 0.6) is 0 Å². The first kappa shape index (κ1) is 23.0. The van der Waals surface area contributed by atoms with Crippen LogP contribution in [0.4, 0.5) is 4.39 Å². The number of benzene rings is 1. The second-order valence-electron chi connectivity index (χ2n) is 7.44. The molecule has 2 heterocycles. The monoisotopic (exact) mass is 440 g/mol. The summed E-state index contributed by atoms with van der Waals surface area (Å²) in [5.41, 5.74) is 3.85. The van der Waals surface area contributed by atoms with Crippen molar-refractivity contribution in [2.45, 2.75) is 34.6 Å². The van der Waals surface area contributed by atoms with E-state index in [2.05, 4.69) is 4.98 Å². The maximum atomic E-state index is 13.3. The Morgan fingerprint density at radius 1 is 1.00 bits per heavy atom. The molecule has 0 bridgehead atoms. The predicted molar refractivity (Wildman–Crippen MR) is 116 cm³/mol. The molecule has 2 aromatic heterocycles. The molecule has 0 aliphatic rings. The van der Waals surface area contributed by atoms with Gasteiger partial charge in [-0.15, -0.1) is 0 Å². The first-order valence-corrected chi connectivity index (χ1v) is 10.2. The van der Waals surface area contributed by atoms with Crippen LogP contribution >= 0.6 is 0 Å². The standard InChI is InChI=1S/C24H25FN2O5/c1-6-31-24(30)22-14(3)21(15(4)26-22)23(29)32-12-20(28)19-11-13(2)27(16(19)5)18-9-7-17(25)8-10-18/h7-11,26H,6,12H2,1-5H3. The smallest absolute Gasteiger partial charge is 0.355 e. The molecule has 8 heteroatoms. The number of nitrogens with zero attached hydrogens (tertiary/aromatic N) is 1. The molecule has 0 radical (unpaired) electrons. The summed E-state index contributed by atoms with van der Waals surface area (Å²) in [6.07, 6.45) is 0. The van der Waals surface area contributed by atoms with E-state index in [0.717, 1.165) is 11.4 Å². The normalized spacial score (nSPS) is 10.8. The molecular weight excluding hydrogens is 415 g/mol. The number of carbonyl (C=O) groups excluding carboxylic acids is 3. The number of aromatic nitrogens is 2. The Morgan fingerprint density at radius 3 is 2.28 bits per heavy atom. The third kappa shape index (κ3) is 4.34. The van der Waals surface area contributed by atoms with Gasteiger partial charge in [0, 0.05) is 28.3 Å². The molecule has 3 aromatic rings. The molecule has 0 atom stereocenters. The number of halogens is 1. The third-order valence-corrected chi connectivity index (χ3v) is 5.27. The van der Waals surface area contributed by atoms with Crippen molar-refractivity contribution in [1.82, 2.24) is 9.55 Å². The number of hydrogen-bond acceptors (Lipinski definition) is 5. The lowest BCUT2D eigenvalue weighted by atomic mass is 10.1. The third-order valence-electron chi connectivity index (χ3n) is 5.27. The summed E-state index contributed by atoms with van der Waals surface area (Å²) in [7, 11) is 0. The average Bonchev–Trinajstić information content (AvgIpc) is 3.21. The molecule has 1 aromatic carbocycles. The second-order valence-corrected chi connectivity index (χ2v) is 7.44. The van der Waals surface area contributed by atoms with Crippen molar-refractivity contribution in [1.29, 1.82) is 0 Å². The maximum absolute atomic E-state index is 13.3. The molecule has 1 N–H and O–H groups in total. The molecule has 0 amide bonds. The molecule has 0 saturated carbocycles. The van der Waals surface area contributed by atoms with Crippen LogP contribution < -0.4 is 0 Å². The zero-order valence-electron chi connectivity index (χ0n) is 18.7. The van der Waals surface area contributed by atoms with Crippen LogP contribution in [0.2, 0.25) is 0 Å². The average molecular weight is 440 g/mol. The van der Waals surface area contributed by atoms with Gasteiger partial charge in [-0.05, 0) is 70.5 Å². The highest BCUT2D eigenvalue weighted by molar-refractivity contribution is 6.02. The van der Waals surface area contributed by atoms with Crippen molar-refractivity contribution >= 4 is 17.7 Å². The van der Waals surface area contributed by atoms with Gasteiger partial charge in [0.15, 0.2) is 6.61 Å². The van der Waals surface area contributed by atoms with Gasteiger partial charge in [-0.2, -0.15) is 0 Å². The van der Waals surface area contributed by atoms with E-state index in [1.54, 1.807) is 45.9 Å². The van der Waals surface area contributed by atoms with Crippen molar-refractivity contribution < 1.29 is 28.2 Å². The van der Waals surface area contributed by atoms with Gasteiger partial charge in [0.2, 0.25) is 5.78 Å². The van der Waals surface area contributed by atoms with Crippen LogP contribution in [0.3, 0.4) is 0 Å². The maximum Gasteiger partial charge on any atom is 0.355 e. The van der Waals surface area contributed by atoms with Gasteiger partial charge >= 0.3 is 11.9 Å². The summed E-state index contributed by atoms with van der Waals surface area (Å²) < 4.78 is 25.3. The number of carbonyl (C=O) groups is 3. The van der Waals surface area contributed by atoms with E-state index in [-0.39, 0.29) is 29.5 Å². The number of ketones is 1. The van der Waals surface area contributed by atoms with Gasteiger partial charge in [0.25, 0.3) is 0 Å². The zero-order valence-corrected chi connectivity index (χ0v) is 18.7. The van der Waals surface area contributed by atoms with Gasteiger partial charge in [-0.25, -0.2) is 14.0 Å². The van der Waals surface area contributed by atoms with Gasteiger partial charge in [0.05, 0.1) is 12.2 Å². The quantitative estimate of drug-likeness (QED) is 0.435. The Bertz CT molecular complexity index is 1190. The number of Topliss-reactive ketones (excluding diaryl/α,β-unsaturated/α-hetero) is 1. The first-order chi connectivity index (χ1) is 15.1. The number of rotatable bonds is 7. The lowest BCUT2D eigenvalue weighted by Crippen LogP contribution is -2.16. The van der Waals surface area contributed by atoms with Crippen LogP contribution in [0, 0.1) is 33.5 Å². The molecule has 0 spiro atoms. The van der Waals surface area contributed by atoms with E-state index < -0.39 is 18.5 Å². The summed E-state index contributed by atoms with van der Waals surface area (Å²) in [4.78, 5) is 40.3. The van der Waals surface area contributed by atoms with Crippen molar-refractivity contribution in [2.24, 2.45) is 0 Å². The van der Waals surface area contributed by atoms with Gasteiger partial charge in [0.1, 0.15) is 11.5 Å². The molecule has 7 nitrogen and oxygen atoms in total. The van der Waals surface area contributed by atoms with Crippen LogP contribution in [-0.2, 0) is 9.47 Å². The Morgan fingerprint density at radius 2 is 1.66 bits per heavy atom. The van der Waals surface area contributed by atoms with Crippen LogP contribution in [-0.4, -0.2) is 40.5 Å². The number of nitrogens with one attached hydrogen (secondary N) is 1. The molecule has 0 saturated heterocycles. The van der Waals surface area contributed by atoms with Crippen LogP contribution in [0.1, 0.15) is 60.8 Å². The molecule has 0 fully saturated rings. The fourth-order valence-electron chi connectivity index (χ4n) is 3.78. The summed E-state index contributed by atoms with van der Waals surface area (Å²) in [5, 5.41) is 0. The molecule has 3 rings (SSSR count). The highest BCUT2D eigenvalue weighted by Crippen LogP contribution is 2.23. The largest absolute Gasteiger partial charge is 0.461 e. The topological polar surface area (TPSA) is 90.4 Å². The van der Waals surface area contributed by atoms with Gasteiger partial charge in [-0.1, -0.05) is 0 Å². The van der Waals surface area contributed by atoms with Gasteiger partial charge in [-0.3, -0.25) is 4.79 Å². The predicted octanol–water partition coefficient (Wildman–Crippen LogP) is 4.39. The minimum Gasteiger partial charge on any atom is -0.461 e. The van der Waals surface area contributed by atoms with Gasteiger partial charge < -0.3 is 19.0 Å². The van der Waals surface area contributed by atoms with Crippen molar-refractivity contribution in [3.8, 4) is 5.69 Å². The summed E-state index contributed by atoms with van der Waals surface area (Å²) in [6.45, 7) is 8.32. The SMILES string of the molecule is CCOC(=O)c1[nH]c(C)c(C(=O)OCC(=O)c2cc(C)n(-c3ccc(F)cc3)c2C)c1C. The Hall–Kier alpha value is -3.68. The van der Waals surface area contributed by atoms with Crippen LogP contribution in [0.25, 0.3) is 5.69 Å². The molecular formula is C24H25FN2O5. The lowest BCUT2D eigenvalue weighted by molar-refractivity contribution is 0.0473. The fourth-order valence-corrected chi connectivity index (χ4v) is 3.78. The van der Waals surface area contributed by atoms with E-state index in [0.29, 0.717) is 22.5 Å². The molecule has 0 aliphatic carbocycles. The van der Waals surface area contributed by atoms with E-state index >= 15 is 0 Å². The summed E-state index contributed by atoms with van der Waals surface area (Å²) in [5.74, 6) is -1.97. The van der Waals surface area contributed by atoms with E-state index in [1.165, 1.54) is 12.1 Å². The van der Waals surface area contributed by atoms with Crippen molar-refractivity contribution in [2.75, 3.05) is 13.2 Å². The Kier molecular flexibility index (Phi) is 6.62. The van der Waals surface area contributed by atoms with E-state index in [4.69, 9.17) is 9.47 Å². The lowest BCUT2D eigenvalue weighted by Gasteiger charge is -2.10. The second kappa shape index (κ2) is 9.21. The highest BCUT2D eigenvalue weighted by Gasteiger charge is 2.25. The van der Waals surface area contributed by atoms with Crippen molar-refractivity contribution in [3.63, 3.8) is 0 Å². The summed E-state index contributed by atoms with van der Waals surface area (Å²) in [6, 6.07) is 7.66. The van der Waals surface area contributed by atoms with E-state index in [9.17, 15) is 18.8 Å². The number of ether oxygens (including phenoxy) is 2. The van der Waals surface area contributed by atoms with Crippen molar-refractivity contribution in [3.05, 3.63) is 75.6 Å². The zero-order chi connectivity index (χ0) is 23.6. The Labute approximate surface area is 185 Å². The molecule has 0 aliphatic heterocycles. The number of hydrogen-bond donors (Lipinski definition) is 1. The fraction of sp³-hybridized carbons (Fsp3) is 0.292.